The van der Waals surface area contributed by atoms with E-state index in [1.807, 2.05) is 19.1 Å². The predicted molar refractivity (Wildman–Crippen MR) is 84.5 cm³/mol. The molecule has 5 nitrogen and oxygen atoms in total. The molecule has 112 valence electrons. The Morgan fingerprint density at radius 1 is 1.52 bits per heavy atom. The minimum atomic E-state index is -0.141. The van der Waals surface area contributed by atoms with E-state index in [1.165, 1.54) is 11.3 Å². The van der Waals surface area contributed by atoms with Crippen molar-refractivity contribution in [3.63, 3.8) is 0 Å². The van der Waals surface area contributed by atoms with Gasteiger partial charge in [-0.05, 0) is 43.7 Å². The van der Waals surface area contributed by atoms with Gasteiger partial charge in [0, 0.05) is 24.2 Å². The van der Waals surface area contributed by atoms with Gasteiger partial charge in [-0.1, -0.05) is 0 Å². The smallest absolute Gasteiger partial charge is 0.263 e. The molecule has 4 N–H and O–H groups in total. The van der Waals surface area contributed by atoms with Gasteiger partial charge in [0.15, 0.2) is 0 Å². The SMILES string of the molecule is Cc1ccc2c(N)c(C(=O)NCC3(CCO)CC3)sc2n1. The Bertz CT molecular complexity index is 692. The number of carbonyl (C=O) groups is 1. The Morgan fingerprint density at radius 2 is 2.29 bits per heavy atom. The number of carbonyl (C=O) groups excluding carboxylic acids is 1. The number of nitrogens with zero attached hydrogens (tertiary/aromatic N) is 1. The van der Waals surface area contributed by atoms with Crippen LogP contribution in [0.3, 0.4) is 0 Å². The Hall–Kier alpha value is -1.66. The number of nitrogens with one attached hydrogen (secondary N) is 1. The molecule has 0 aliphatic heterocycles. The molecule has 1 amide bonds. The minimum Gasteiger partial charge on any atom is -0.397 e. The van der Waals surface area contributed by atoms with Crippen molar-refractivity contribution in [3.8, 4) is 0 Å². The molecular formula is C15H19N3O2S. The lowest BCUT2D eigenvalue weighted by Crippen LogP contribution is -2.30. The van der Waals surface area contributed by atoms with Crippen molar-refractivity contribution in [1.29, 1.82) is 0 Å². The third-order valence-electron chi connectivity index (χ3n) is 4.16. The number of aliphatic hydroxyl groups is 1. The van der Waals surface area contributed by atoms with Crippen molar-refractivity contribution >= 4 is 33.1 Å². The van der Waals surface area contributed by atoms with E-state index in [0.717, 1.165) is 35.2 Å². The molecule has 6 heteroatoms. The van der Waals surface area contributed by atoms with Crippen LogP contribution >= 0.6 is 11.3 Å². The number of aryl methyl sites for hydroxylation is 1. The molecule has 0 unspecified atom stereocenters. The maximum absolute atomic E-state index is 12.3. The van der Waals surface area contributed by atoms with Crippen molar-refractivity contribution in [2.45, 2.75) is 26.2 Å². The average molecular weight is 305 g/mol. The number of thiophene rings is 1. The summed E-state index contributed by atoms with van der Waals surface area (Å²) < 4.78 is 0. The van der Waals surface area contributed by atoms with Crippen molar-refractivity contribution in [1.82, 2.24) is 10.3 Å². The molecule has 1 aliphatic carbocycles. The summed E-state index contributed by atoms with van der Waals surface area (Å²) >= 11 is 1.33. The van der Waals surface area contributed by atoms with Crippen molar-refractivity contribution in [3.05, 3.63) is 22.7 Å². The first-order valence-electron chi connectivity index (χ1n) is 7.09. The van der Waals surface area contributed by atoms with Crippen LogP contribution in [0.15, 0.2) is 12.1 Å². The van der Waals surface area contributed by atoms with E-state index in [4.69, 9.17) is 10.8 Å². The molecule has 21 heavy (non-hydrogen) atoms. The summed E-state index contributed by atoms with van der Waals surface area (Å²) in [5, 5.41) is 12.8. The van der Waals surface area contributed by atoms with Crippen molar-refractivity contribution < 1.29 is 9.90 Å². The van der Waals surface area contributed by atoms with E-state index >= 15 is 0 Å². The summed E-state index contributed by atoms with van der Waals surface area (Å²) in [4.78, 5) is 18.1. The van der Waals surface area contributed by atoms with Crippen LogP contribution in [0, 0.1) is 12.3 Å². The second kappa shape index (κ2) is 5.27. The highest BCUT2D eigenvalue weighted by atomic mass is 32.1. The monoisotopic (exact) mass is 305 g/mol. The van der Waals surface area contributed by atoms with Gasteiger partial charge in [0.2, 0.25) is 0 Å². The van der Waals surface area contributed by atoms with Crippen LogP contribution in [0.4, 0.5) is 5.69 Å². The number of nitrogens with two attached hydrogens (primary N) is 1. The van der Waals surface area contributed by atoms with E-state index in [0.29, 0.717) is 17.1 Å². The predicted octanol–water partition coefficient (Wildman–Crippen LogP) is 2.08. The molecule has 1 aliphatic rings. The quantitative estimate of drug-likeness (QED) is 0.789. The standard InChI is InChI=1S/C15H19N3O2S/c1-9-2-3-10-11(16)12(21-14(10)18-9)13(20)17-8-15(4-5-15)6-7-19/h2-3,19H,4-8,16H2,1H3,(H,17,20). The zero-order valence-corrected chi connectivity index (χ0v) is 12.8. The number of pyridine rings is 1. The topological polar surface area (TPSA) is 88.2 Å². The third kappa shape index (κ3) is 2.73. The highest BCUT2D eigenvalue weighted by Crippen LogP contribution is 2.48. The summed E-state index contributed by atoms with van der Waals surface area (Å²) in [7, 11) is 0. The molecule has 3 rings (SSSR count). The zero-order chi connectivity index (χ0) is 15.0. The van der Waals surface area contributed by atoms with E-state index < -0.39 is 0 Å². The van der Waals surface area contributed by atoms with Crippen LogP contribution in [0.2, 0.25) is 0 Å². The van der Waals surface area contributed by atoms with Crippen LogP contribution in [-0.4, -0.2) is 29.1 Å². The number of rotatable bonds is 5. The van der Waals surface area contributed by atoms with Crippen LogP contribution in [0.1, 0.15) is 34.6 Å². The number of hydrogen-bond acceptors (Lipinski definition) is 5. The fourth-order valence-corrected chi connectivity index (χ4v) is 3.59. The highest BCUT2D eigenvalue weighted by molar-refractivity contribution is 7.21. The summed E-state index contributed by atoms with van der Waals surface area (Å²) in [6.07, 6.45) is 2.88. The summed E-state index contributed by atoms with van der Waals surface area (Å²) in [6.45, 7) is 2.69. The molecule has 0 spiro atoms. The fraction of sp³-hybridized carbons (Fsp3) is 0.467. The highest BCUT2D eigenvalue weighted by Gasteiger charge is 2.42. The molecule has 2 aromatic rings. The molecule has 2 heterocycles. The maximum Gasteiger partial charge on any atom is 0.263 e. The second-order valence-electron chi connectivity index (χ2n) is 5.81. The van der Waals surface area contributed by atoms with Gasteiger partial charge in [0.05, 0.1) is 5.69 Å². The lowest BCUT2D eigenvalue weighted by atomic mass is 10.0. The molecule has 2 aromatic heterocycles. The van der Waals surface area contributed by atoms with Gasteiger partial charge in [-0.15, -0.1) is 11.3 Å². The van der Waals surface area contributed by atoms with Crippen LogP contribution < -0.4 is 11.1 Å². The van der Waals surface area contributed by atoms with Gasteiger partial charge < -0.3 is 16.2 Å². The number of nitrogen functional groups attached to an aromatic ring is 1. The number of aliphatic hydroxyl groups excluding tert-OH is 1. The van der Waals surface area contributed by atoms with Crippen LogP contribution in [-0.2, 0) is 0 Å². The maximum atomic E-state index is 12.3. The van der Waals surface area contributed by atoms with Crippen molar-refractivity contribution in [2.24, 2.45) is 5.41 Å². The zero-order valence-electron chi connectivity index (χ0n) is 12.0. The molecule has 1 fully saturated rings. The summed E-state index contributed by atoms with van der Waals surface area (Å²) in [5.41, 5.74) is 7.59. The van der Waals surface area contributed by atoms with Crippen LogP contribution in [0.25, 0.3) is 10.2 Å². The van der Waals surface area contributed by atoms with Gasteiger partial charge in [0.1, 0.15) is 9.71 Å². The lowest BCUT2D eigenvalue weighted by Gasteiger charge is -2.14. The number of anilines is 1. The van der Waals surface area contributed by atoms with Crippen LogP contribution in [0.5, 0.6) is 0 Å². The lowest BCUT2D eigenvalue weighted by molar-refractivity contribution is 0.0945. The molecule has 0 saturated heterocycles. The summed E-state index contributed by atoms with van der Waals surface area (Å²) in [5.74, 6) is -0.141. The van der Waals surface area contributed by atoms with Gasteiger partial charge in [0.25, 0.3) is 5.91 Å². The van der Waals surface area contributed by atoms with Gasteiger partial charge in [-0.3, -0.25) is 4.79 Å². The molecule has 0 aromatic carbocycles. The number of fused-ring (bicyclic) bond motifs is 1. The normalized spacial score (nSPS) is 16.1. The Kier molecular flexibility index (Phi) is 3.59. The molecule has 0 radical (unpaired) electrons. The largest absolute Gasteiger partial charge is 0.397 e. The first-order valence-corrected chi connectivity index (χ1v) is 7.91. The van der Waals surface area contributed by atoms with Gasteiger partial charge in [-0.25, -0.2) is 4.98 Å². The molecular weight excluding hydrogens is 286 g/mol. The van der Waals surface area contributed by atoms with E-state index in [9.17, 15) is 4.79 Å². The molecule has 1 saturated carbocycles. The van der Waals surface area contributed by atoms with Gasteiger partial charge >= 0.3 is 0 Å². The van der Waals surface area contributed by atoms with Gasteiger partial charge in [-0.2, -0.15) is 0 Å². The second-order valence-corrected chi connectivity index (χ2v) is 6.81. The third-order valence-corrected chi connectivity index (χ3v) is 5.28. The number of amides is 1. The van der Waals surface area contributed by atoms with E-state index in [1.54, 1.807) is 0 Å². The Balaban J connectivity index is 1.77. The first-order chi connectivity index (χ1) is 10.0. The number of hydrogen-bond donors (Lipinski definition) is 3. The Morgan fingerprint density at radius 3 is 2.95 bits per heavy atom. The van der Waals surface area contributed by atoms with E-state index in [2.05, 4.69) is 10.3 Å². The van der Waals surface area contributed by atoms with Crippen molar-refractivity contribution in [2.75, 3.05) is 18.9 Å². The van der Waals surface area contributed by atoms with E-state index in [-0.39, 0.29) is 17.9 Å². The fourth-order valence-electron chi connectivity index (χ4n) is 2.54. The number of aromatic nitrogens is 1. The molecule has 0 atom stereocenters. The summed E-state index contributed by atoms with van der Waals surface area (Å²) in [6, 6.07) is 3.81. The molecule has 0 bridgehead atoms. The average Bonchev–Trinajstić information content (AvgIpc) is 3.15. The first kappa shape index (κ1) is 14.3. The Labute approximate surface area is 127 Å². The minimum absolute atomic E-state index is 0.102.